The predicted molar refractivity (Wildman–Crippen MR) is 57.0 cm³/mol. The average molecular weight is 201 g/mol. The van der Waals surface area contributed by atoms with Gasteiger partial charge in [0.1, 0.15) is 12.4 Å². The van der Waals surface area contributed by atoms with Crippen LogP contribution in [0.3, 0.4) is 0 Å². The van der Waals surface area contributed by atoms with Crippen molar-refractivity contribution in [1.29, 1.82) is 0 Å². The first kappa shape index (κ1) is 8.35. The maximum Gasteiger partial charge on any atom is 0.151 e. The maximum atomic E-state index is 5.71. The number of nitrogen functional groups attached to an aromatic ring is 1. The van der Waals surface area contributed by atoms with Crippen LogP contribution >= 0.6 is 0 Å². The third-order valence-electron chi connectivity index (χ3n) is 2.59. The number of nitrogens with two attached hydrogens (primary N) is 1. The van der Waals surface area contributed by atoms with Crippen molar-refractivity contribution in [3.8, 4) is 11.4 Å². The molecule has 0 aliphatic carbocycles. The maximum absolute atomic E-state index is 5.71. The highest BCUT2D eigenvalue weighted by Crippen LogP contribution is 2.31. The van der Waals surface area contributed by atoms with Gasteiger partial charge >= 0.3 is 0 Å². The van der Waals surface area contributed by atoms with Crippen LogP contribution in [0, 0.1) is 6.92 Å². The van der Waals surface area contributed by atoms with Gasteiger partial charge in [-0.05, 0) is 19.1 Å². The van der Waals surface area contributed by atoms with Crippen molar-refractivity contribution in [2.75, 3.05) is 5.73 Å². The summed E-state index contributed by atoms with van der Waals surface area (Å²) in [5, 5.41) is 0. The van der Waals surface area contributed by atoms with Gasteiger partial charge in [0, 0.05) is 23.6 Å². The van der Waals surface area contributed by atoms with E-state index in [0.29, 0.717) is 6.61 Å². The molecule has 0 saturated carbocycles. The second-order valence-corrected chi connectivity index (χ2v) is 3.67. The Kier molecular flexibility index (Phi) is 1.54. The summed E-state index contributed by atoms with van der Waals surface area (Å²) < 4.78 is 7.68. The van der Waals surface area contributed by atoms with Gasteiger partial charge in [0.2, 0.25) is 0 Å². The Bertz CT molecular complexity index is 531. The minimum Gasteiger partial charge on any atom is -0.483 e. The number of anilines is 1. The van der Waals surface area contributed by atoms with Gasteiger partial charge in [-0.2, -0.15) is 0 Å². The highest BCUT2D eigenvalue weighted by molar-refractivity contribution is 5.57. The Morgan fingerprint density at radius 1 is 1.47 bits per heavy atom. The zero-order valence-corrected chi connectivity index (χ0v) is 8.40. The van der Waals surface area contributed by atoms with E-state index in [1.54, 1.807) is 0 Å². The average Bonchev–Trinajstić information content (AvgIpc) is 2.60. The van der Waals surface area contributed by atoms with E-state index in [1.165, 1.54) is 0 Å². The fourth-order valence-corrected chi connectivity index (χ4v) is 1.89. The molecule has 2 N–H and O–H groups in total. The lowest BCUT2D eigenvalue weighted by Crippen LogP contribution is -2.14. The van der Waals surface area contributed by atoms with Gasteiger partial charge in [0.15, 0.2) is 5.82 Å². The highest BCUT2D eigenvalue weighted by Gasteiger charge is 2.19. The highest BCUT2D eigenvalue weighted by atomic mass is 16.5. The van der Waals surface area contributed by atoms with Gasteiger partial charge in [0.25, 0.3) is 0 Å². The van der Waals surface area contributed by atoms with Crippen LogP contribution in [-0.4, -0.2) is 9.55 Å². The van der Waals surface area contributed by atoms with Crippen LogP contribution < -0.4 is 10.5 Å². The third kappa shape index (κ3) is 1.11. The van der Waals surface area contributed by atoms with Crippen molar-refractivity contribution >= 4 is 5.69 Å². The van der Waals surface area contributed by atoms with Crippen molar-refractivity contribution in [2.24, 2.45) is 0 Å². The Morgan fingerprint density at radius 2 is 2.33 bits per heavy atom. The summed E-state index contributed by atoms with van der Waals surface area (Å²) in [6.07, 6.45) is 1.85. The molecule has 0 bridgehead atoms. The van der Waals surface area contributed by atoms with E-state index in [4.69, 9.17) is 10.5 Å². The lowest BCUT2D eigenvalue weighted by atomic mass is 10.2. The van der Waals surface area contributed by atoms with Gasteiger partial charge in [-0.3, -0.25) is 4.57 Å². The fourth-order valence-electron chi connectivity index (χ4n) is 1.89. The summed E-state index contributed by atoms with van der Waals surface area (Å²) in [6.45, 7) is 2.53. The van der Waals surface area contributed by atoms with E-state index in [2.05, 4.69) is 9.55 Å². The Hall–Kier alpha value is -1.97. The minimum absolute atomic E-state index is 0.504. The first-order valence-electron chi connectivity index (χ1n) is 4.81. The number of aromatic nitrogens is 2. The molecule has 15 heavy (non-hydrogen) atoms. The minimum atomic E-state index is 0.504. The summed E-state index contributed by atoms with van der Waals surface area (Å²) >= 11 is 0. The van der Waals surface area contributed by atoms with Gasteiger partial charge in [-0.15, -0.1) is 0 Å². The molecule has 0 saturated heterocycles. The topological polar surface area (TPSA) is 53.1 Å². The molecule has 3 rings (SSSR count). The summed E-state index contributed by atoms with van der Waals surface area (Å²) in [6, 6.07) is 5.68. The Balaban J connectivity index is 2.29. The van der Waals surface area contributed by atoms with E-state index in [0.717, 1.165) is 28.6 Å². The quantitative estimate of drug-likeness (QED) is 0.659. The summed E-state index contributed by atoms with van der Waals surface area (Å²) in [7, 11) is 0. The molecular weight excluding hydrogens is 190 g/mol. The van der Waals surface area contributed by atoms with Gasteiger partial charge < -0.3 is 10.5 Å². The fraction of sp³-hybridized carbons (Fsp3) is 0.182. The van der Waals surface area contributed by atoms with Crippen molar-refractivity contribution in [3.63, 3.8) is 0 Å². The largest absolute Gasteiger partial charge is 0.483 e. The zero-order chi connectivity index (χ0) is 10.4. The molecule has 2 aromatic rings. The lowest BCUT2D eigenvalue weighted by Gasteiger charge is -2.20. The van der Waals surface area contributed by atoms with Crippen LogP contribution in [0.2, 0.25) is 0 Å². The number of fused-ring (bicyclic) bond motifs is 3. The zero-order valence-electron chi connectivity index (χ0n) is 8.40. The molecule has 1 aromatic heterocycles. The van der Waals surface area contributed by atoms with Crippen molar-refractivity contribution in [1.82, 2.24) is 9.55 Å². The third-order valence-corrected chi connectivity index (χ3v) is 2.59. The van der Waals surface area contributed by atoms with Gasteiger partial charge in [-0.1, -0.05) is 0 Å². The molecule has 0 spiro atoms. The van der Waals surface area contributed by atoms with Crippen molar-refractivity contribution < 1.29 is 4.74 Å². The number of ether oxygens (including phenoxy) is 1. The SMILES string of the molecule is Cc1cnc2n1-c1ccc(N)cc1OC2. The Labute approximate surface area is 87.3 Å². The summed E-state index contributed by atoms with van der Waals surface area (Å²) in [5.41, 5.74) is 8.55. The van der Waals surface area contributed by atoms with Crippen LogP contribution in [0.1, 0.15) is 11.5 Å². The summed E-state index contributed by atoms with van der Waals surface area (Å²) in [4.78, 5) is 4.28. The standard InChI is InChI=1S/C11H11N3O/c1-7-5-13-11-6-15-10-4-8(12)2-3-9(10)14(7)11/h2-5H,6,12H2,1H3. The molecule has 1 aliphatic heterocycles. The Morgan fingerprint density at radius 3 is 3.20 bits per heavy atom. The molecule has 0 radical (unpaired) electrons. The molecule has 4 heteroatoms. The molecule has 0 atom stereocenters. The first-order chi connectivity index (χ1) is 7.25. The molecule has 4 nitrogen and oxygen atoms in total. The smallest absolute Gasteiger partial charge is 0.151 e. The molecular formula is C11H11N3O. The van der Waals surface area contributed by atoms with Crippen LogP contribution in [0.15, 0.2) is 24.4 Å². The number of aryl methyl sites for hydroxylation is 1. The normalized spacial score (nSPS) is 12.9. The van der Waals surface area contributed by atoms with E-state index >= 15 is 0 Å². The van der Waals surface area contributed by atoms with Crippen molar-refractivity contribution in [2.45, 2.75) is 13.5 Å². The molecule has 1 aromatic carbocycles. The molecule has 1 aliphatic rings. The molecule has 2 heterocycles. The van der Waals surface area contributed by atoms with E-state index in [9.17, 15) is 0 Å². The molecule has 0 unspecified atom stereocenters. The van der Waals surface area contributed by atoms with E-state index < -0.39 is 0 Å². The van der Waals surface area contributed by atoms with Crippen LogP contribution in [0.4, 0.5) is 5.69 Å². The second kappa shape index (κ2) is 2.76. The van der Waals surface area contributed by atoms with E-state index in [1.807, 2.05) is 31.3 Å². The van der Waals surface area contributed by atoms with Crippen LogP contribution in [-0.2, 0) is 6.61 Å². The first-order valence-corrected chi connectivity index (χ1v) is 4.81. The monoisotopic (exact) mass is 201 g/mol. The number of benzene rings is 1. The number of imidazole rings is 1. The second-order valence-electron chi connectivity index (χ2n) is 3.67. The predicted octanol–water partition coefficient (Wildman–Crippen LogP) is 1.66. The number of rotatable bonds is 0. The number of hydrogen-bond donors (Lipinski definition) is 1. The van der Waals surface area contributed by atoms with Crippen LogP contribution in [0.5, 0.6) is 5.75 Å². The summed E-state index contributed by atoms with van der Waals surface area (Å²) in [5.74, 6) is 1.76. The molecule has 0 fully saturated rings. The van der Waals surface area contributed by atoms with Gasteiger partial charge in [-0.25, -0.2) is 4.98 Å². The lowest BCUT2D eigenvalue weighted by molar-refractivity contribution is 0.279. The molecule has 76 valence electrons. The van der Waals surface area contributed by atoms with Crippen LogP contribution in [0.25, 0.3) is 5.69 Å². The number of nitrogens with zero attached hydrogens (tertiary/aromatic N) is 2. The van der Waals surface area contributed by atoms with Crippen molar-refractivity contribution in [3.05, 3.63) is 35.9 Å². The molecule has 0 amide bonds. The van der Waals surface area contributed by atoms with E-state index in [-0.39, 0.29) is 0 Å². The number of hydrogen-bond acceptors (Lipinski definition) is 3. The van der Waals surface area contributed by atoms with Gasteiger partial charge in [0.05, 0.1) is 5.69 Å².